The van der Waals surface area contributed by atoms with Crippen LogP contribution in [0.15, 0.2) is 22.4 Å². The predicted octanol–water partition coefficient (Wildman–Crippen LogP) is 8.71. The van der Waals surface area contributed by atoms with Gasteiger partial charge in [0, 0.05) is 35.1 Å². The normalized spacial score (nSPS) is 15.1. The van der Waals surface area contributed by atoms with Crippen LogP contribution in [0.2, 0.25) is 51.4 Å². The smallest absolute Gasteiger partial charge is 0.323 e. The van der Waals surface area contributed by atoms with Crippen molar-refractivity contribution >= 4 is 49.7 Å². The molecule has 20 heteroatoms. The summed E-state index contributed by atoms with van der Waals surface area (Å²) in [5, 5.41) is 9.08. The third-order valence-electron chi connectivity index (χ3n) is 12.7. The quantitative estimate of drug-likeness (QED) is 0.0315. The first-order valence-electron chi connectivity index (χ1n) is 24.1. The monoisotopic (exact) mass is 1010 g/mol. The molecule has 2 aromatic carbocycles. The van der Waals surface area contributed by atoms with Crippen molar-refractivity contribution in [1.82, 2.24) is 29.5 Å². The van der Waals surface area contributed by atoms with Gasteiger partial charge in [-0.2, -0.15) is 19.3 Å². The van der Waals surface area contributed by atoms with Crippen LogP contribution >= 0.6 is 11.8 Å². The molecule has 0 spiro atoms. The zero-order valence-electron chi connectivity index (χ0n) is 41.3. The van der Waals surface area contributed by atoms with Crippen molar-refractivity contribution in [3.05, 3.63) is 56.6 Å². The maximum absolute atomic E-state index is 12.9. The van der Waals surface area contributed by atoms with Gasteiger partial charge in [0.05, 0.1) is 32.8 Å². The topological polar surface area (TPSA) is 185 Å². The Morgan fingerprint density at radius 1 is 0.618 bits per heavy atom. The molecule has 4 aromatic rings. The van der Waals surface area contributed by atoms with Gasteiger partial charge in [0.15, 0.2) is 0 Å². The number of benzene rings is 2. The van der Waals surface area contributed by atoms with Gasteiger partial charge in [0.2, 0.25) is 15.0 Å². The number of fused-ring (bicyclic) bond motifs is 4. The van der Waals surface area contributed by atoms with Gasteiger partial charge in [-0.3, -0.25) is 9.59 Å². The van der Waals surface area contributed by atoms with Crippen molar-refractivity contribution in [1.29, 1.82) is 0 Å². The minimum atomic E-state index is -3.91. The summed E-state index contributed by atoms with van der Waals surface area (Å²) in [5.74, 6) is 1.09. The Morgan fingerprint density at radius 2 is 1.04 bits per heavy atom. The summed E-state index contributed by atoms with van der Waals surface area (Å²) < 4.78 is 62.9. The lowest BCUT2D eigenvalue weighted by atomic mass is 10.0. The van der Waals surface area contributed by atoms with E-state index in [0.717, 1.165) is 87.8 Å². The Bertz CT molecular complexity index is 2490. The summed E-state index contributed by atoms with van der Waals surface area (Å²) in [5.41, 5.74) is 10.5. The highest BCUT2D eigenvalue weighted by Gasteiger charge is 2.31. The van der Waals surface area contributed by atoms with E-state index in [9.17, 15) is 18.0 Å². The summed E-state index contributed by atoms with van der Waals surface area (Å²) in [6.07, 6.45) is 12.8. The minimum Gasteiger partial charge on any atom is -0.469 e. The second-order valence-electron chi connectivity index (χ2n) is 20.4. The van der Waals surface area contributed by atoms with Gasteiger partial charge in [-0.05, 0) is 134 Å². The van der Waals surface area contributed by atoms with Gasteiger partial charge in [0.1, 0.15) is 25.0 Å². The lowest BCUT2D eigenvalue weighted by Gasteiger charge is -2.17. The van der Waals surface area contributed by atoms with E-state index >= 15 is 0 Å². The molecule has 2 aromatic heterocycles. The highest BCUT2D eigenvalue weighted by Crippen LogP contribution is 2.43. The van der Waals surface area contributed by atoms with Crippen LogP contribution in [0.25, 0.3) is 0 Å². The number of nitrogens with zero attached hydrogens (tertiary/aromatic N) is 6. The van der Waals surface area contributed by atoms with Crippen molar-refractivity contribution in [2.45, 2.75) is 165 Å². The van der Waals surface area contributed by atoms with Crippen LogP contribution in [0.4, 0.5) is 0 Å². The molecule has 4 aliphatic carbocycles. The molecule has 0 bridgehead atoms. The van der Waals surface area contributed by atoms with E-state index in [0.29, 0.717) is 43.3 Å². The SMILES string of the molecule is COC(=O)CCS(=O)(=O)c1nc(Oc2c3c(cc4c2CCC4)CCC3)n(COCC[Si](C)(C)C)n1.COC(=O)CCSc1nc(Oc2c3c(cc4c2CCC4)CCC3)n(COCC[Si](C)(C)C)n1. The number of hydrogen-bond donors (Lipinski definition) is 0. The van der Waals surface area contributed by atoms with Crippen molar-refractivity contribution in [3.63, 3.8) is 0 Å². The highest BCUT2D eigenvalue weighted by molar-refractivity contribution is 7.99. The molecule has 0 amide bonds. The van der Waals surface area contributed by atoms with Gasteiger partial charge < -0.3 is 28.4 Å². The van der Waals surface area contributed by atoms with Crippen molar-refractivity contribution in [3.8, 4) is 23.5 Å². The first kappa shape index (κ1) is 51.8. The first-order chi connectivity index (χ1) is 32.4. The van der Waals surface area contributed by atoms with Crippen LogP contribution in [-0.4, -0.2) is 105 Å². The molecule has 0 saturated carbocycles. The molecule has 0 N–H and O–H groups in total. The molecule has 68 heavy (non-hydrogen) atoms. The molecule has 8 rings (SSSR count). The van der Waals surface area contributed by atoms with Gasteiger partial charge in [-0.25, -0.2) is 8.42 Å². The Balaban J connectivity index is 0.000000202. The van der Waals surface area contributed by atoms with Gasteiger partial charge in [-0.15, -0.1) is 10.2 Å². The summed E-state index contributed by atoms with van der Waals surface area (Å²) in [6, 6.07) is 7.35. The van der Waals surface area contributed by atoms with Crippen LogP contribution < -0.4 is 9.47 Å². The van der Waals surface area contributed by atoms with E-state index in [1.54, 1.807) is 4.68 Å². The molecule has 2 heterocycles. The molecule has 372 valence electrons. The highest BCUT2D eigenvalue weighted by atomic mass is 32.2. The zero-order valence-corrected chi connectivity index (χ0v) is 44.9. The number of ether oxygens (including phenoxy) is 6. The average Bonchev–Trinajstić information content (AvgIpc) is 4.16. The fraction of sp³-hybridized carbons (Fsp3) is 0.625. The number of aromatic nitrogens is 6. The largest absolute Gasteiger partial charge is 0.469 e. The molecule has 4 aliphatic rings. The Morgan fingerprint density at radius 3 is 1.49 bits per heavy atom. The number of sulfone groups is 1. The number of hydrogen-bond acceptors (Lipinski definition) is 15. The number of carbonyl (C=O) groups is 2. The lowest BCUT2D eigenvalue weighted by Crippen LogP contribution is -2.22. The van der Waals surface area contributed by atoms with Crippen LogP contribution in [0.5, 0.6) is 23.5 Å². The second-order valence-corrected chi connectivity index (χ2v) is 34.8. The molecule has 0 unspecified atom stereocenters. The van der Waals surface area contributed by atoms with E-state index in [1.807, 2.05) is 0 Å². The molecular weight excluding hydrogens is 941 g/mol. The standard InChI is InChI=1S/C24H35N3O6SSi.C24H35N3O4SSi/c1-31-21(28)11-13-34(29,30)23-25-24(27(26-23)16-32-12-14-35(2,3)4)33-22-19-9-5-7-17(19)15-18-8-6-10-20(18)22;1-29-21(28)11-13-32-23-25-24(27(26-23)16-30-12-14-33(2,3)4)31-22-19-9-5-7-17(19)15-18-8-6-10-20(18)22/h15H,5-14,16H2,1-4H3;15H,5-14,16H2,1-4H3. The molecule has 16 nitrogen and oxygen atoms in total. The van der Waals surface area contributed by atoms with E-state index in [1.165, 1.54) is 88.0 Å². The van der Waals surface area contributed by atoms with Crippen LogP contribution in [0.1, 0.15) is 83.0 Å². The molecule has 0 fully saturated rings. The summed E-state index contributed by atoms with van der Waals surface area (Å²) >= 11 is 1.43. The molecule has 0 atom stereocenters. The molecular formula is C48H70N6O10S2Si2. The number of thioether (sulfide) groups is 1. The van der Waals surface area contributed by atoms with Gasteiger partial charge in [0.25, 0.3) is 5.16 Å². The molecule has 0 aliphatic heterocycles. The molecule has 0 saturated heterocycles. The number of esters is 2. The van der Waals surface area contributed by atoms with Crippen LogP contribution in [-0.2, 0) is 103 Å². The maximum Gasteiger partial charge on any atom is 0.323 e. The number of carbonyl (C=O) groups excluding carboxylic acids is 2. The minimum absolute atomic E-state index is 0.0382. The van der Waals surface area contributed by atoms with Crippen molar-refractivity contribution in [2.75, 3.05) is 38.9 Å². The average molecular weight is 1010 g/mol. The zero-order chi connectivity index (χ0) is 48.6. The fourth-order valence-corrected chi connectivity index (χ4v) is 12.2. The third-order valence-corrected chi connectivity index (χ3v) is 18.4. The summed E-state index contributed by atoms with van der Waals surface area (Å²) in [4.78, 5) is 31.9. The van der Waals surface area contributed by atoms with Crippen molar-refractivity contribution < 1.29 is 46.4 Å². The predicted molar refractivity (Wildman–Crippen MR) is 265 cm³/mol. The Hall–Kier alpha value is -4.09. The first-order valence-corrected chi connectivity index (χ1v) is 34.2. The van der Waals surface area contributed by atoms with Crippen LogP contribution in [0.3, 0.4) is 0 Å². The number of methoxy groups -OCH3 is 2. The van der Waals surface area contributed by atoms with Gasteiger partial charge >= 0.3 is 24.0 Å². The van der Waals surface area contributed by atoms with E-state index in [-0.39, 0.29) is 30.3 Å². The summed E-state index contributed by atoms with van der Waals surface area (Å²) in [7, 11) is -3.74. The lowest BCUT2D eigenvalue weighted by molar-refractivity contribution is -0.141. The van der Waals surface area contributed by atoms with E-state index in [2.05, 4.69) is 76.3 Å². The van der Waals surface area contributed by atoms with Gasteiger partial charge in [-0.1, -0.05) is 63.2 Å². The Kier molecular flexibility index (Phi) is 17.3. The van der Waals surface area contributed by atoms with E-state index in [4.69, 9.17) is 23.7 Å². The fourth-order valence-electron chi connectivity index (χ4n) is 8.88. The molecule has 0 radical (unpaired) electrons. The van der Waals surface area contributed by atoms with E-state index < -0.39 is 37.7 Å². The Labute approximate surface area is 407 Å². The maximum atomic E-state index is 12.9. The third kappa shape index (κ3) is 13.6. The summed E-state index contributed by atoms with van der Waals surface area (Å²) in [6.45, 7) is 15.4. The second kappa shape index (κ2) is 22.8. The van der Waals surface area contributed by atoms with Crippen molar-refractivity contribution in [2.24, 2.45) is 0 Å². The number of aryl methyl sites for hydroxylation is 4. The van der Waals surface area contributed by atoms with Crippen LogP contribution in [0, 0.1) is 0 Å². The number of rotatable bonds is 22.